The first-order chi connectivity index (χ1) is 8.42. The molecule has 18 heavy (non-hydrogen) atoms. The molecule has 0 aliphatic rings. The van der Waals surface area contributed by atoms with Crippen LogP contribution < -0.4 is 4.74 Å². The van der Waals surface area contributed by atoms with Crippen LogP contribution in [0.1, 0.15) is 13.8 Å². The van der Waals surface area contributed by atoms with Gasteiger partial charge < -0.3 is 14.3 Å². The van der Waals surface area contributed by atoms with Crippen LogP contribution in [0, 0.1) is 11.7 Å². The van der Waals surface area contributed by atoms with Crippen LogP contribution in [0.3, 0.4) is 0 Å². The number of hydrogen-bond acceptors (Lipinski definition) is 3. The Bertz CT molecular complexity index is 586. The second kappa shape index (κ2) is 4.53. The highest BCUT2D eigenvalue weighted by atomic mass is 35.5. The lowest BCUT2D eigenvalue weighted by atomic mass is 9.95. The summed E-state index contributed by atoms with van der Waals surface area (Å²) >= 11 is 6.13. The zero-order valence-corrected chi connectivity index (χ0v) is 10.7. The maximum Gasteiger partial charge on any atom is 0.312 e. The van der Waals surface area contributed by atoms with E-state index in [2.05, 4.69) is 6.26 Å². The molecule has 1 aromatic carbocycles. The monoisotopic (exact) mass is 267 g/mol. The lowest BCUT2D eigenvalue weighted by Gasteiger charge is -2.20. The van der Waals surface area contributed by atoms with E-state index >= 15 is 0 Å². The van der Waals surface area contributed by atoms with Crippen molar-refractivity contribution in [1.29, 1.82) is 0 Å². The standard InChI is InChI=1S/C13H12ClO4/c1-13(2,12(15)16)7-18-10-4-3-8-5-17-6-9(8)11(10)14/h3-5H,7H2,1-2H3,(H,15,16). The smallest absolute Gasteiger partial charge is 0.312 e. The number of fused-ring (bicyclic) bond motifs is 1. The normalized spacial score (nSPS) is 11.7. The van der Waals surface area contributed by atoms with E-state index in [1.165, 1.54) is 6.26 Å². The molecule has 1 heterocycles. The van der Waals surface area contributed by atoms with E-state index in [1.807, 2.05) is 0 Å². The first-order valence-electron chi connectivity index (χ1n) is 5.35. The highest BCUT2D eigenvalue weighted by molar-refractivity contribution is 6.36. The van der Waals surface area contributed by atoms with Crippen LogP contribution in [0.15, 0.2) is 22.8 Å². The number of benzene rings is 1. The number of carbonyl (C=O) groups is 1. The zero-order chi connectivity index (χ0) is 13.3. The molecule has 0 saturated carbocycles. The number of rotatable bonds is 4. The number of ether oxygens (including phenoxy) is 1. The van der Waals surface area contributed by atoms with Gasteiger partial charge in [0.05, 0.1) is 22.1 Å². The van der Waals surface area contributed by atoms with Crippen LogP contribution in [0.4, 0.5) is 0 Å². The Balaban J connectivity index is 2.22. The Hall–Kier alpha value is -1.68. The largest absolute Gasteiger partial charge is 0.491 e. The average molecular weight is 268 g/mol. The first kappa shape index (κ1) is 12.8. The molecule has 0 atom stereocenters. The molecule has 0 unspecified atom stereocenters. The fourth-order valence-corrected chi connectivity index (χ4v) is 1.62. The van der Waals surface area contributed by atoms with E-state index in [9.17, 15) is 4.79 Å². The van der Waals surface area contributed by atoms with Gasteiger partial charge in [-0.1, -0.05) is 11.6 Å². The Morgan fingerprint density at radius 3 is 2.94 bits per heavy atom. The summed E-state index contributed by atoms with van der Waals surface area (Å²) in [5.41, 5.74) is -0.974. The first-order valence-corrected chi connectivity index (χ1v) is 5.73. The molecule has 95 valence electrons. The van der Waals surface area contributed by atoms with Gasteiger partial charge in [-0.25, -0.2) is 0 Å². The van der Waals surface area contributed by atoms with Crippen molar-refractivity contribution < 1.29 is 19.1 Å². The highest BCUT2D eigenvalue weighted by Gasteiger charge is 2.28. The SMILES string of the molecule is CC(C)(COc1ccc2co[c]c2c1Cl)C(=O)O. The molecule has 0 bridgehead atoms. The van der Waals surface area contributed by atoms with E-state index in [1.54, 1.807) is 26.0 Å². The molecule has 2 rings (SSSR count). The van der Waals surface area contributed by atoms with Crippen LogP contribution in [0.25, 0.3) is 10.8 Å². The summed E-state index contributed by atoms with van der Waals surface area (Å²) < 4.78 is 10.4. The number of carboxylic acids is 1. The van der Waals surface area contributed by atoms with Crippen LogP contribution in [0.5, 0.6) is 5.75 Å². The third kappa shape index (κ3) is 2.29. The van der Waals surface area contributed by atoms with Crippen molar-refractivity contribution in [1.82, 2.24) is 0 Å². The third-order valence-electron chi connectivity index (χ3n) is 2.65. The summed E-state index contributed by atoms with van der Waals surface area (Å²) in [6.45, 7) is 3.21. The number of aliphatic carboxylic acids is 1. The second-order valence-electron chi connectivity index (χ2n) is 4.66. The van der Waals surface area contributed by atoms with Crippen molar-refractivity contribution in [2.75, 3.05) is 6.61 Å². The Morgan fingerprint density at radius 1 is 1.56 bits per heavy atom. The van der Waals surface area contributed by atoms with Crippen molar-refractivity contribution in [2.24, 2.45) is 5.41 Å². The van der Waals surface area contributed by atoms with Crippen molar-refractivity contribution in [2.45, 2.75) is 13.8 Å². The molecule has 5 heteroatoms. The van der Waals surface area contributed by atoms with Gasteiger partial charge in [-0.15, -0.1) is 0 Å². The van der Waals surface area contributed by atoms with E-state index in [0.717, 1.165) is 5.39 Å². The topological polar surface area (TPSA) is 59.7 Å². The molecule has 1 N–H and O–H groups in total. The van der Waals surface area contributed by atoms with Crippen LogP contribution >= 0.6 is 11.6 Å². The van der Waals surface area contributed by atoms with Gasteiger partial charge >= 0.3 is 5.97 Å². The molecule has 0 spiro atoms. The lowest BCUT2D eigenvalue weighted by Crippen LogP contribution is -2.30. The van der Waals surface area contributed by atoms with Crippen molar-refractivity contribution in [3.05, 3.63) is 29.7 Å². The summed E-state index contributed by atoms with van der Waals surface area (Å²) in [7, 11) is 0. The molecule has 1 aromatic heterocycles. The third-order valence-corrected chi connectivity index (χ3v) is 3.03. The lowest BCUT2D eigenvalue weighted by molar-refractivity contribution is -0.148. The van der Waals surface area contributed by atoms with Gasteiger partial charge in [-0.05, 0) is 26.0 Å². The molecule has 0 fully saturated rings. The van der Waals surface area contributed by atoms with E-state index in [0.29, 0.717) is 16.2 Å². The minimum absolute atomic E-state index is 0.0331. The van der Waals surface area contributed by atoms with Gasteiger partial charge in [-0.3, -0.25) is 4.79 Å². The van der Waals surface area contributed by atoms with Crippen LogP contribution in [-0.2, 0) is 4.79 Å². The molecular formula is C13H12ClO4. The summed E-state index contributed by atoms with van der Waals surface area (Å²) in [5, 5.41) is 10.8. The fourth-order valence-electron chi connectivity index (χ4n) is 1.36. The summed E-state index contributed by atoms with van der Waals surface area (Å²) in [6, 6.07) is 3.47. The maximum absolute atomic E-state index is 11.0. The van der Waals surface area contributed by atoms with Gasteiger partial charge in [0, 0.05) is 5.39 Å². The second-order valence-corrected chi connectivity index (χ2v) is 5.04. The predicted octanol–water partition coefficient (Wildman–Crippen LogP) is 3.38. The molecule has 2 aromatic rings. The number of hydrogen-bond donors (Lipinski definition) is 1. The summed E-state index contributed by atoms with van der Waals surface area (Å²) in [5.74, 6) is -0.495. The molecular weight excluding hydrogens is 256 g/mol. The fraction of sp³-hybridized carbons (Fsp3) is 0.308. The van der Waals surface area contributed by atoms with Crippen LogP contribution in [0.2, 0.25) is 5.02 Å². The molecule has 0 aliphatic heterocycles. The Kier molecular flexibility index (Phi) is 3.22. The summed E-state index contributed by atoms with van der Waals surface area (Å²) in [6.07, 6.45) is 4.18. The van der Waals surface area contributed by atoms with Crippen LogP contribution in [-0.4, -0.2) is 17.7 Å². The number of halogens is 1. The molecule has 1 radical (unpaired) electrons. The molecule has 0 saturated heterocycles. The van der Waals surface area contributed by atoms with E-state index in [-0.39, 0.29) is 6.61 Å². The van der Waals surface area contributed by atoms with Crippen molar-refractivity contribution in [3.63, 3.8) is 0 Å². The Labute approximate surface area is 109 Å². The minimum atomic E-state index is -0.974. The summed E-state index contributed by atoms with van der Waals surface area (Å²) in [4.78, 5) is 11.0. The zero-order valence-electron chi connectivity index (χ0n) is 9.99. The maximum atomic E-state index is 11.0. The van der Waals surface area contributed by atoms with Gasteiger partial charge in [0.2, 0.25) is 0 Å². The van der Waals surface area contributed by atoms with Gasteiger partial charge in [0.1, 0.15) is 12.4 Å². The molecule has 4 nitrogen and oxygen atoms in total. The molecule has 0 aliphatic carbocycles. The minimum Gasteiger partial charge on any atom is -0.491 e. The van der Waals surface area contributed by atoms with Crippen molar-refractivity contribution >= 4 is 28.3 Å². The van der Waals surface area contributed by atoms with Gasteiger partial charge in [0.25, 0.3) is 0 Å². The van der Waals surface area contributed by atoms with E-state index < -0.39 is 11.4 Å². The Morgan fingerprint density at radius 2 is 2.28 bits per heavy atom. The number of carboxylic acid groups (broad SMARTS) is 1. The predicted molar refractivity (Wildman–Crippen MR) is 67.0 cm³/mol. The quantitative estimate of drug-likeness (QED) is 0.923. The highest BCUT2D eigenvalue weighted by Crippen LogP contribution is 2.33. The van der Waals surface area contributed by atoms with Gasteiger partial charge in [-0.2, -0.15) is 0 Å². The van der Waals surface area contributed by atoms with Crippen molar-refractivity contribution in [3.8, 4) is 5.75 Å². The molecule has 0 amide bonds. The van der Waals surface area contributed by atoms with Gasteiger partial charge in [0.15, 0.2) is 6.26 Å². The van der Waals surface area contributed by atoms with E-state index in [4.69, 9.17) is 25.9 Å². The number of furan rings is 1. The average Bonchev–Trinajstić information content (AvgIpc) is 2.77.